The summed E-state index contributed by atoms with van der Waals surface area (Å²) in [4.78, 5) is 19.1. The second kappa shape index (κ2) is 8.50. The highest BCUT2D eigenvalue weighted by Crippen LogP contribution is 2.43. The highest BCUT2D eigenvalue weighted by molar-refractivity contribution is 6.00. The van der Waals surface area contributed by atoms with E-state index in [0.717, 1.165) is 11.8 Å². The zero-order valence-electron chi connectivity index (χ0n) is 18.4. The van der Waals surface area contributed by atoms with E-state index in [2.05, 4.69) is 10.1 Å². The van der Waals surface area contributed by atoms with Crippen molar-refractivity contribution in [1.82, 2.24) is 19.7 Å². The number of fused-ring (bicyclic) bond motifs is 1. The number of amides is 1. The van der Waals surface area contributed by atoms with Gasteiger partial charge in [-0.1, -0.05) is 6.07 Å². The number of nitriles is 1. The second-order valence-electron chi connectivity index (χ2n) is 8.33. The van der Waals surface area contributed by atoms with E-state index >= 15 is 4.39 Å². The maximum atomic E-state index is 16.0. The first kappa shape index (κ1) is 22.0. The number of ether oxygens (including phenoxy) is 2. The van der Waals surface area contributed by atoms with Crippen molar-refractivity contribution in [3.05, 3.63) is 70.6 Å². The number of aromatic nitrogens is 3. The smallest absolute Gasteiger partial charge is 0.258 e. The number of methoxy groups -OCH3 is 1. The molecule has 0 aliphatic carbocycles. The zero-order chi connectivity index (χ0) is 23.9. The van der Waals surface area contributed by atoms with Crippen LogP contribution in [-0.4, -0.2) is 45.9 Å². The zero-order valence-corrected chi connectivity index (χ0v) is 18.4. The third kappa shape index (κ3) is 3.68. The molecule has 4 heterocycles. The number of benzene rings is 1. The van der Waals surface area contributed by atoms with Crippen molar-refractivity contribution in [3.8, 4) is 17.5 Å². The average molecular weight is 465 g/mol. The Labute approximate surface area is 194 Å². The predicted molar refractivity (Wildman–Crippen MR) is 115 cm³/mol. The Balaban J connectivity index is 1.49. The third-order valence-corrected chi connectivity index (χ3v) is 6.29. The van der Waals surface area contributed by atoms with Gasteiger partial charge in [-0.05, 0) is 6.07 Å². The van der Waals surface area contributed by atoms with Crippen LogP contribution in [0.5, 0.6) is 5.75 Å². The van der Waals surface area contributed by atoms with Gasteiger partial charge in [-0.25, -0.2) is 13.5 Å². The molecule has 2 aliphatic rings. The summed E-state index contributed by atoms with van der Waals surface area (Å²) >= 11 is 0. The van der Waals surface area contributed by atoms with E-state index in [-0.39, 0.29) is 61.6 Å². The lowest BCUT2D eigenvalue weighted by Crippen LogP contribution is -2.34. The molecule has 0 atom stereocenters. The van der Waals surface area contributed by atoms with Crippen LogP contribution >= 0.6 is 0 Å². The summed E-state index contributed by atoms with van der Waals surface area (Å²) in [5, 5.41) is 14.0. The molecule has 2 aromatic heterocycles. The first-order chi connectivity index (χ1) is 16.4. The molecule has 1 saturated heterocycles. The molecule has 0 unspecified atom stereocenters. The highest BCUT2D eigenvalue weighted by Gasteiger charge is 2.41. The lowest BCUT2D eigenvalue weighted by Gasteiger charge is -2.32. The number of alkyl halides is 1. The van der Waals surface area contributed by atoms with Crippen molar-refractivity contribution in [1.29, 1.82) is 5.26 Å². The fourth-order valence-electron chi connectivity index (χ4n) is 4.55. The molecule has 0 N–H and O–H groups in total. The number of carbonyl (C=O) groups is 1. The maximum Gasteiger partial charge on any atom is 0.258 e. The summed E-state index contributed by atoms with van der Waals surface area (Å²) in [6, 6.07) is 6.33. The normalized spacial score (nSPS) is 16.7. The Morgan fingerprint density at radius 2 is 2.06 bits per heavy atom. The van der Waals surface area contributed by atoms with E-state index in [1.165, 1.54) is 41.1 Å². The van der Waals surface area contributed by atoms with Gasteiger partial charge in [0.15, 0.2) is 0 Å². The molecular weight excluding hydrogens is 444 g/mol. The van der Waals surface area contributed by atoms with Crippen LogP contribution in [0.3, 0.4) is 0 Å². The van der Waals surface area contributed by atoms with Crippen LogP contribution < -0.4 is 4.74 Å². The fraction of sp³-hybridized carbons (Fsp3) is 0.333. The van der Waals surface area contributed by atoms with E-state index in [1.807, 2.05) is 6.07 Å². The van der Waals surface area contributed by atoms with Crippen LogP contribution in [0.4, 0.5) is 8.78 Å². The highest BCUT2D eigenvalue weighted by atomic mass is 19.1. The Morgan fingerprint density at radius 1 is 1.26 bits per heavy atom. The van der Waals surface area contributed by atoms with Crippen molar-refractivity contribution >= 4 is 5.91 Å². The van der Waals surface area contributed by atoms with Crippen LogP contribution in [-0.2, 0) is 23.5 Å². The van der Waals surface area contributed by atoms with E-state index in [9.17, 15) is 14.4 Å². The van der Waals surface area contributed by atoms with Crippen molar-refractivity contribution in [3.63, 3.8) is 0 Å². The van der Waals surface area contributed by atoms with Crippen molar-refractivity contribution < 1.29 is 23.0 Å². The van der Waals surface area contributed by atoms with Crippen LogP contribution in [0.15, 0.2) is 36.8 Å². The van der Waals surface area contributed by atoms with E-state index in [0.29, 0.717) is 11.4 Å². The molecule has 174 valence electrons. The molecule has 1 fully saturated rings. The molecule has 34 heavy (non-hydrogen) atoms. The van der Waals surface area contributed by atoms with Gasteiger partial charge in [-0.15, -0.1) is 0 Å². The molecule has 2 aliphatic heterocycles. The quantitative estimate of drug-likeness (QED) is 0.586. The second-order valence-corrected chi connectivity index (χ2v) is 8.33. The summed E-state index contributed by atoms with van der Waals surface area (Å²) in [5.41, 5.74) is 0.558. The number of halogens is 2. The summed E-state index contributed by atoms with van der Waals surface area (Å²) in [5.74, 6) is -0.853. The van der Waals surface area contributed by atoms with Gasteiger partial charge in [0.1, 0.15) is 23.3 Å². The first-order valence-corrected chi connectivity index (χ1v) is 10.8. The van der Waals surface area contributed by atoms with Gasteiger partial charge in [-0.3, -0.25) is 9.78 Å². The van der Waals surface area contributed by atoms with Crippen LogP contribution in [0.1, 0.15) is 45.6 Å². The minimum absolute atomic E-state index is 0.0540. The van der Waals surface area contributed by atoms with E-state index < -0.39 is 17.4 Å². The Bertz CT molecular complexity index is 1290. The molecular formula is C24H21F2N5O3. The molecule has 5 rings (SSSR count). The molecule has 1 amide bonds. The average Bonchev–Trinajstić information content (AvgIpc) is 3.43. The maximum absolute atomic E-state index is 16.0. The SMILES string of the molecule is COc1c(C#N)ccc(C2(F)CCOCC2)c1C(=O)N1Cc2cn(-c3cncc(F)c3)nc2C1. The number of hydrogen-bond donors (Lipinski definition) is 0. The van der Waals surface area contributed by atoms with Gasteiger partial charge in [0.2, 0.25) is 0 Å². The lowest BCUT2D eigenvalue weighted by molar-refractivity contribution is -0.0122. The van der Waals surface area contributed by atoms with Gasteiger partial charge in [0.25, 0.3) is 5.91 Å². The Morgan fingerprint density at radius 3 is 2.74 bits per heavy atom. The van der Waals surface area contributed by atoms with E-state index in [1.54, 1.807) is 6.20 Å². The standard InChI is InChI=1S/C24H21F2N5O3/c1-33-22-15(9-27)2-3-19(24(26)4-6-34-7-5-24)21(22)23(32)30-12-16-13-31(29-20(16)14-30)18-8-17(25)10-28-11-18/h2-3,8,10-11,13H,4-7,12,14H2,1H3. The predicted octanol–water partition coefficient (Wildman–Crippen LogP) is 3.42. The minimum atomic E-state index is -1.77. The monoisotopic (exact) mass is 465 g/mol. The van der Waals surface area contributed by atoms with Crippen molar-refractivity contribution in [2.24, 2.45) is 0 Å². The number of carbonyl (C=O) groups excluding carboxylic acids is 1. The van der Waals surface area contributed by atoms with E-state index in [4.69, 9.17) is 9.47 Å². The summed E-state index contributed by atoms with van der Waals surface area (Å²) in [6.45, 7) is 0.902. The number of rotatable bonds is 4. The summed E-state index contributed by atoms with van der Waals surface area (Å²) in [6.07, 6.45) is 4.54. The lowest BCUT2D eigenvalue weighted by atomic mass is 9.83. The fourth-order valence-corrected chi connectivity index (χ4v) is 4.55. The molecule has 8 nitrogen and oxygen atoms in total. The van der Waals surface area contributed by atoms with Gasteiger partial charge in [-0.2, -0.15) is 10.4 Å². The topological polar surface area (TPSA) is 93.3 Å². The van der Waals surface area contributed by atoms with Gasteiger partial charge >= 0.3 is 0 Å². The van der Waals surface area contributed by atoms with Crippen molar-refractivity contribution in [2.45, 2.75) is 31.6 Å². The van der Waals surface area contributed by atoms with Gasteiger partial charge in [0.05, 0.1) is 48.6 Å². The van der Waals surface area contributed by atoms with Gasteiger partial charge in [0, 0.05) is 56.0 Å². The molecule has 0 bridgehead atoms. The third-order valence-electron chi connectivity index (χ3n) is 6.29. The summed E-state index contributed by atoms with van der Waals surface area (Å²) in [7, 11) is 1.36. The number of pyridine rings is 1. The molecule has 0 radical (unpaired) electrons. The molecule has 0 saturated carbocycles. The largest absolute Gasteiger partial charge is 0.495 e. The first-order valence-electron chi connectivity index (χ1n) is 10.8. The molecule has 10 heteroatoms. The molecule has 0 spiro atoms. The van der Waals surface area contributed by atoms with Gasteiger partial charge < -0.3 is 14.4 Å². The minimum Gasteiger partial charge on any atom is -0.495 e. The van der Waals surface area contributed by atoms with Crippen molar-refractivity contribution in [2.75, 3.05) is 20.3 Å². The number of hydrogen-bond acceptors (Lipinski definition) is 6. The summed E-state index contributed by atoms with van der Waals surface area (Å²) < 4.78 is 41.8. The van der Waals surface area contributed by atoms with Crippen LogP contribution in [0.25, 0.3) is 5.69 Å². The number of nitrogens with zero attached hydrogens (tertiary/aromatic N) is 5. The van der Waals surface area contributed by atoms with Crippen LogP contribution in [0, 0.1) is 17.1 Å². The molecule has 3 aromatic rings. The molecule has 1 aromatic carbocycles. The Kier molecular flexibility index (Phi) is 5.49. The van der Waals surface area contributed by atoms with Crippen LogP contribution in [0.2, 0.25) is 0 Å². The Hall–Kier alpha value is -3.84.